The van der Waals surface area contributed by atoms with Crippen molar-refractivity contribution in [3.05, 3.63) is 65.5 Å². The number of aryl methyl sites for hydroxylation is 1. The van der Waals surface area contributed by atoms with Crippen molar-refractivity contribution in [2.24, 2.45) is 0 Å². The average molecular weight is 324 g/mol. The zero-order valence-electron chi connectivity index (χ0n) is 14.1. The van der Waals surface area contributed by atoms with E-state index in [0.29, 0.717) is 26.1 Å². The molecule has 0 radical (unpaired) electrons. The van der Waals surface area contributed by atoms with Gasteiger partial charge in [-0.1, -0.05) is 36.4 Å². The number of hydrogen-bond acceptors (Lipinski definition) is 4. The number of morpholine rings is 1. The van der Waals surface area contributed by atoms with E-state index >= 15 is 0 Å². The molecule has 1 aromatic heterocycles. The van der Waals surface area contributed by atoms with Crippen LogP contribution in [0.15, 0.2) is 48.7 Å². The fraction of sp³-hybridized carbons (Fsp3) is 0.450. The molecule has 2 atom stereocenters. The van der Waals surface area contributed by atoms with Crippen molar-refractivity contribution in [3.8, 4) is 0 Å². The van der Waals surface area contributed by atoms with Gasteiger partial charge >= 0.3 is 0 Å². The second-order valence-electron chi connectivity index (χ2n) is 7.11. The molecule has 3 heterocycles. The third-order valence-electron chi connectivity index (χ3n) is 5.36. The predicted molar refractivity (Wildman–Crippen MR) is 92.5 cm³/mol. The summed E-state index contributed by atoms with van der Waals surface area (Å²) in [6.45, 7) is 4.30. The number of piperidine rings is 1. The van der Waals surface area contributed by atoms with E-state index in [1.54, 1.807) is 6.20 Å². The molecular weight excluding hydrogens is 300 g/mol. The van der Waals surface area contributed by atoms with Crippen molar-refractivity contribution in [1.29, 1.82) is 0 Å². The zero-order valence-corrected chi connectivity index (χ0v) is 14.1. The summed E-state index contributed by atoms with van der Waals surface area (Å²) in [5, 5.41) is 11.4. The first-order valence-corrected chi connectivity index (χ1v) is 8.68. The standard InChI is InChI=1S/C20H24N2O2/c1-15-6-5-9-21-19(15)20(23)10-17-13-24-14-18(11-20)22(17)12-16-7-3-2-4-8-16/h2-9,17-18,23H,10-14H2,1H3. The van der Waals surface area contributed by atoms with Crippen LogP contribution in [0.4, 0.5) is 0 Å². The van der Waals surface area contributed by atoms with Crippen molar-refractivity contribution in [1.82, 2.24) is 9.88 Å². The Morgan fingerprint density at radius 2 is 1.83 bits per heavy atom. The van der Waals surface area contributed by atoms with Gasteiger partial charge in [-0.15, -0.1) is 0 Å². The van der Waals surface area contributed by atoms with Crippen molar-refractivity contribution in [2.45, 2.75) is 44.0 Å². The Bertz CT molecular complexity index is 690. The van der Waals surface area contributed by atoms with Crippen LogP contribution in [0, 0.1) is 6.92 Å². The molecule has 4 nitrogen and oxygen atoms in total. The topological polar surface area (TPSA) is 45.6 Å². The Hall–Kier alpha value is -1.75. The monoisotopic (exact) mass is 324 g/mol. The molecule has 24 heavy (non-hydrogen) atoms. The molecule has 0 spiro atoms. The fourth-order valence-electron chi connectivity index (χ4n) is 4.26. The highest BCUT2D eigenvalue weighted by molar-refractivity contribution is 5.26. The Kier molecular flexibility index (Phi) is 4.12. The van der Waals surface area contributed by atoms with Crippen LogP contribution in [-0.2, 0) is 16.9 Å². The largest absolute Gasteiger partial charge is 0.383 e. The molecule has 2 saturated heterocycles. The number of hydrogen-bond donors (Lipinski definition) is 1. The van der Waals surface area contributed by atoms with E-state index in [1.165, 1.54) is 5.56 Å². The van der Waals surface area contributed by atoms with Crippen LogP contribution in [0.1, 0.15) is 29.7 Å². The van der Waals surface area contributed by atoms with E-state index < -0.39 is 5.60 Å². The number of pyridine rings is 1. The van der Waals surface area contributed by atoms with E-state index in [2.05, 4.69) is 34.1 Å². The van der Waals surface area contributed by atoms with Gasteiger partial charge in [0.15, 0.2) is 0 Å². The van der Waals surface area contributed by atoms with E-state index in [9.17, 15) is 5.11 Å². The molecule has 2 aromatic rings. The van der Waals surface area contributed by atoms with E-state index in [-0.39, 0.29) is 12.1 Å². The number of benzene rings is 1. The Balaban J connectivity index is 1.60. The molecule has 2 aliphatic rings. The minimum Gasteiger partial charge on any atom is -0.383 e. The summed E-state index contributed by atoms with van der Waals surface area (Å²) in [6, 6.07) is 15.0. The number of nitrogens with zero attached hydrogens (tertiary/aromatic N) is 2. The maximum absolute atomic E-state index is 11.4. The Morgan fingerprint density at radius 1 is 1.12 bits per heavy atom. The lowest BCUT2D eigenvalue weighted by Gasteiger charge is -2.51. The molecule has 1 aromatic carbocycles. The van der Waals surface area contributed by atoms with Crippen molar-refractivity contribution >= 4 is 0 Å². The Labute approximate surface area is 143 Å². The van der Waals surface area contributed by atoms with Gasteiger partial charge in [0.05, 0.1) is 18.9 Å². The first-order chi connectivity index (χ1) is 11.7. The maximum Gasteiger partial charge on any atom is 0.110 e. The second kappa shape index (κ2) is 6.28. The molecular formula is C20H24N2O2. The number of ether oxygens (including phenoxy) is 1. The lowest BCUT2D eigenvalue weighted by molar-refractivity contribution is -0.151. The molecule has 2 fully saturated rings. The number of aromatic nitrogens is 1. The predicted octanol–water partition coefficient (Wildman–Crippen LogP) is 2.64. The second-order valence-corrected chi connectivity index (χ2v) is 7.11. The van der Waals surface area contributed by atoms with Gasteiger partial charge in [0.25, 0.3) is 0 Å². The van der Waals surface area contributed by atoms with Gasteiger partial charge in [-0.05, 0) is 37.0 Å². The summed E-state index contributed by atoms with van der Waals surface area (Å²) < 4.78 is 5.79. The molecule has 126 valence electrons. The highest BCUT2D eigenvalue weighted by Gasteiger charge is 2.48. The zero-order chi connectivity index (χ0) is 16.6. The lowest BCUT2D eigenvalue weighted by atomic mass is 9.77. The highest BCUT2D eigenvalue weighted by Crippen LogP contribution is 2.41. The molecule has 2 bridgehead atoms. The third kappa shape index (κ3) is 2.86. The fourth-order valence-corrected chi connectivity index (χ4v) is 4.26. The molecule has 4 rings (SSSR count). The summed E-state index contributed by atoms with van der Waals surface area (Å²) in [6.07, 6.45) is 3.13. The van der Waals surface area contributed by atoms with Crippen LogP contribution in [-0.4, -0.2) is 40.3 Å². The van der Waals surface area contributed by atoms with Crippen molar-refractivity contribution in [3.63, 3.8) is 0 Å². The van der Waals surface area contributed by atoms with Crippen LogP contribution >= 0.6 is 0 Å². The quantitative estimate of drug-likeness (QED) is 0.943. The van der Waals surface area contributed by atoms with Gasteiger partial charge in [-0.3, -0.25) is 9.88 Å². The summed E-state index contributed by atoms with van der Waals surface area (Å²) >= 11 is 0. The SMILES string of the molecule is Cc1cccnc1C1(O)CC2COCC(C1)N2Cc1ccccc1. The van der Waals surface area contributed by atoms with Gasteiger partial charge < -0.3 is 9.84 Å². The molecule has 2 unspecified atom stereocenters. The number of fused-ring (bicyclic) bond motifs is 2. The molecule has 4 heteroatoms. The van der Waals surface area contributed by atoms with Gasteiger partial charge in [-0.25, -0.2) is 0 Å². The van der Waals surface area contributed by atoms with E-state index in [4.69, 9.17) is 4.74 Å². The van der Waals surface area contributed by atoms with Crippen molar-refractivity contribution < 1.29 is 9.84 Å². The van der Waals surface area contributed by atoms with E-state index in [1.807, 2.05) is 25.1 Å². The first kappa shape index (κ1) is 15.8. The van der Waals surface area contributed by atoms with Gasteiger partial charge in [0.2, 0.25) is 0 Å². The van der Waals surface area contributed by atoms with Gasteiger partial charge in [0, 0.05) is 24.8 Å². The number of aliphatic hydroxyl groups is 1. The average Bonchev–Trinajstić information content (AvgIpc) is 2.57. The van der Waals surface area contributed by atoms with Crippen LogP contribution < -0.4 is 0 Å². The van der Waals surface area contributed by atoms with E-state index in [0.717, 1.165) is 17.8 Å². The smallest absolute Gasteiger partial charge is 0.110 e. The van der Waals surface area contributed by atoms with Crippen LogP contribution in [0.3, 0.4) is 0 Å². The van der Waals surface area contributed by atoms with Gasteiger partial charge in [0.1, 0.15) is 5.60 Å². The molecule has 1 N–H and O–H groups in total. The number of rotatable bonds is 3. The minimum atomic E-state index is -0.850. The van der Waals surface area contributed by atoms with Crippen LogP contribution in [0.2, 0.25) is 0 Å². The van der Waals surface area contributed by atoms with Crippen molar-refractivity contribution in [2.75, 3.05) is 13.2 Å². The van der Waals surface area contributed by atoms with Gasteiger partial charge in [-0.2, -0.15) is 0 Å². The van der Waals surface area contributed by atoms with Crippen LogP contribution in [0.25, 0.3) is 0 Å². The molecule has 0 saturated carbocycles. The summed E-state index contributed by atoms with van der Waals surface area (Å²) in [5.41, 5.74) is 2.36. The lowest BCUT2D eigenvalue weighted by Crippen LogP contribution is -2.60. The Morgan fingerprint density at radius 3 is 2.50 bits per heavy atom. The maximum atomic E-state index is 11.4. The minimum absolute atomic E-state index is 0.226. The molecule has 0 amide bonds. The normalized spacial score (nSPS) is 30.2. The molecule has 2 aliphatic heterocycles. The summed E-state index contributed by atoms with van der Waals surface area (Å²) in [7, 11) is 0. The molecule has 0 aliphatic carbocycles. The third-order valence-corrected chi connectivity index (χ3v) is 5.36. The highest BCUT2D eigenvalue weighted by atomic mass is 16.5. The first-order valence-electron chi connectivity index (χ1n) is 8.68. The van der Waals surface area contributed by atoms with Crippen LogP contribution in [0.5, 0.6) is 0 Å². The summed E-state index contributed by atoms with van der Waals surface area (Å²) in [4.78, 5) is 7.01. The summed E-state index contributed by atoms with van der Waals surface area (Å²) in [5.74, 6) is 0.